The second-order valence-electron chi connectivity index (χ2n) is 14.0. The van der Waals surface area contributed by atoms with Crippen LogP contribution in [0.1, 0.15) is 92.4 Å². The van der Waals surface area contributed by atoms with Crippen LogP contribution in [0.5, 0.6) is 0 Å². The molecule has 0 spiro atoms. The fraction of sp³-hybridized carbons (Fsp3) is 0.897. The normalized spacial score (nSPS) is 56.9. The molecule has 5 rings (SSSR count). The topological polar surface area (TPSA) is 98.0 Å². The van der Waals surface area contributed by atoms with Gasteiger partial charge in [0.25, 0.3) is 0 Å². The van der Waals surface area contributed by atoms with E-state index in [1.807, 2.05) is 6.92 Å². The van der Waals surface area contributed by atoms with Crippen LogP contribution in [0.15, 0.2) is 11.6 Å². The summed E-state index contributed by atoms with van der Waals surface area (Å²) in [7, 11) is 0. The van der Waals surface area contributed by atoms with Gasteiger partial charge in [-0.3, -0.25) is 4.79 Å². The first-order chi connectivity index (χ1) is 15.8. The number of hydrogen-bond donors (Lipinski definition) is 4. The molecular weight excluding hydrogens is 428 g/mol. The van der Waals surface area contributed by atoms with Crippen molar-refractivity contribution in [3.63, 3.8) is 0 Å². The van der Waals surface area contributed by atoms with Gasteiger partial charge < -0.3 is 20.4 Å². The van der Waals surface area contributed by atoms with E-state index in [4.69, 9.17) is 0 Å². The number of aliphatic hydroxyl groups excluding tert-OH is 3. The lowest BCUT2D eigenvalue weighted by Crippen LogP contribution is -2.68. The van der Waals surface area contributed by atoms with E-state index in [1.54, 1.807) is 0 Å². The minimum absolute atomic E-state index is 0.00252. The van der Waals surface area contributed by atoms with Crippen molar-refractivity contribution < 1.29 is 25.2 Å². The average molecular weight is 475 g/mol. The van der Waals surface area contributed by atoms with Gasteiger partial charge >= 0.3 is 5.97 Å². The highest BCUT2D eigenvalue weighted by atomic mass is 16.4. The molecule has 0 aromatic rings. The van der Waals surface area contributed by atoms with Crippen molar-refractivity contribution in [1.82, 2.24) is 0 Å². The average Bonchev–Trinajstić information content (AvgIpc) is 2.78. The summed E-state index contributed by atoms with van der Waals surface area (Å²) in [5, 5.41) is 42.7. The molecule has 0 heterocycles. The van der Waals surface area contributed by atoms with Gasteiger partial charge in [0.15, 0.2) is 0 Å². The predicted octanol–water partition coefficient (Wildman–Crippen LogP) is 4.79. The SMILES string of the molecule is C[C@H]1CCC[C@]2(C(=O)O)CC[C@]3(C)C(=CCC4[C@@]5(C)C[C@@H](O)[C@H](O)[C@@](C)(CO)C5CC[C@]43C)C12. The highest BCUT2D eigenvalue weighted by Gasteiger charge is 2.70. The summed E-state index contributed by atoms with van der Waals surface area (Å²) >= 11 is 0. The molecule has 0 aromatic heterocycles. The number of rotatable bonds is 2. The van der Waals surface area contributed by atoms with Crippen LogP contribution in [-0.4, -0.2) is 45.2 Å². The molecule has 5 heteroatoms. The largest absolute Gasteiger partial charge is 0.481 e. The summed E-state index contributed by atoms with van der Waals surface area (Å²) in [4.78, 5) is 12.7. The lowest BCUT2D eigenvalue weighted by molar-refractivity contribution is -0.243. The van der Waals surface area contributed by atoms with Crippen LogP contribution in [0.3, 0.4) is 0 Å². The number of carbonyl (C=O) groups is 1. The fourth-order valence-electron chi connectivity index (χ4n) is 10.9. The number of hydrogen-bond acceptors (Lipinski definition) is 4. The molecule has 11 atom stereocenters. The molecule has 4 saturated carbocycles. The van der Waals surface area contributed by atoms with Crippen molar-refractivity contribution in [2.75, 3.05) is 6.61 Å². The fourth-order valence-corrected chi connectivity index (χ4v) is 10.9. The highest BCUT2D eigenvalue weighted by Crippen LogP contribution is 2.75. The second kappa shape index (κ2) is 7.55. The third-order valence-corrected chi connectivity index (χ3v) is 12.9. The third-order valence-electron chi connectivity index (χ3n) is 12.9. The Labute approximate surface area is 205 Å². The first kappa shape index (κ1) is 24.8. The summed E-state index contributed by atoms with van der Waals surface area (Å²) in [6.45, 7) is 11.3. The van der Waals surface area contributed by atoms with Gasteiger partial charge in [-0.25, -0.2) is 0 Å². The van der Waals surface area contributed by atoms with E-state index in [0.717, 1.165) is 51.4 Å². The standard InChI is InChI=1S/C29H46O5/c1-17-7-6-11-29(24(33)34)14-13-27(4)18(22(17)29)8-9-21-25(2)15-19(31)23(32)26(3,16-30)20(25)10-12-28(21,27)5/h8,17,19-23,30-32H,6-7,9-16H2,1-5H3,(H,33,34)/t17-,19+,20?,21?,22?,23-,25-,26-,27+,28+,29-/m0/s1. The molecule has 5 aliphatic carbocycles. The van der Waals surface area contributed by atoms with Crippen LogP contribution in [-0.2, 0) is 4.79 Å². The summed E-state index contributed by atoms with van der Waals surface area (Å²) < 4.78 is 0. The van der Waals surface area contributed by atoms with Crippen molar-refractivity contribution in [1.29, 1.82) is 0 Å². The molecule has 4 N–H and O–H groups in total. The lowest BCUT2D eigenvalue weighted by atomic mass is 9.33. The molecule has 0 aromatic carbocycles. The Morgan fingerprint density at radius 3 is 2.38 bits per heavy atom. The highest BCUT2D eigenvalue weighted by molar-refractivity contribution is 5.76. The molecule has 192 valence electrons. The molecule has 0 bridgehead atoms. The Bertz CT molecular complexity index is 899. The first-order valence-corrected chi connectivity index (χ1v) is 13.7. The number of carboxylic acid groups (broad SMARTS) is 1. The number of fused-ring (bicyclic) bond motifs is 7. The van der Waals surface area contributed by atoms with E-state index in [2.05, 4.69) is 33.8 Å². The van der Waals surface area contributed by atoms with Crippen LogP contribution in [0, 0.1) is 50.7 Å². The summed E-state index contributed by atoms with van der Waals surface area (Å²) in [5.74, 6) is 0.375. The minimum Gasteiger partial charge on any atom is -0.481 e. The van der Waals surface area contributed by atoms with E-state index in [1.165, 1.54) is 5.57 Å². The van der Waals surface area contributed by atoms with Gasteiger partial charge in [0.2, 0.25) is 0 Å². The number of carboxylic acids is 1. The van der Waals surface area contributed by atoms with Crippen LogP contribution in [0.25, 0.3) is 0 Å². The number of allylic oxidation sites excluding steroid dienone is 2. The van der Waals surface area contributed by atoms with Gasteiger partial charge in [0.1, 0.15) is 0 Å². The number of aliphatic carboxylic acids is 1. The monoisotopic (exact) mass is 474 g/mol. The Kier molecular flexibility index (Phi) is 5.50. The number of aliphatic hydroxyl groups is 3. The molecule has 34 heavy (non-hydrogen) atoms. The van der Waals surface area contributed by atoms with Crippen molar-refractivity contribution >= 4 is 5.97 Å². The van der Waals surface area contributed by atoms with Crippen molar-refractivity contribution in [3.8, 4) is 0 Å². The van der Waals surface area contributed by atoms with Gasteiger partial charge in [-0.2, -0.15) is 0 Å². The van der Waals surface area contributed by atoms with Gasteiger partial charge in [-0.15, -0.1) is 0 Å². The first-order valence-electron chi connectivity index (χ1n) is 13.7. The van der Waals surface area contributed by atoms with Crippen LogP contribution >= 0.6 is 0 Å². The van der Waals surface area contributed by atoms with Gasteiger partial charge in [0.05, 0.1) is 24.2 Å². The van der Waals surface area contributed by atoms with Crippen LogP contribution in [0.2, 0.25) is 0 Å². The maximum absolute atomic E-state index is 12.7. The van der Waals surface area contributed by atoms with E-state index >= 15 is 0 Å². The van der Waals surface area contributed by atoms with Crippen molar-refractivity contribution in [3.05, 3.63) is 11.6 Å². The lowest BCUT2D eigenvalue weighted by Gasteiger charge is -2.71. The maximum atomic E-state index is 12.7. The van der Waals surface area contributed by atoms with E-state index in [9.17, 15) is 25.2 Å². The molecular formula is C29H46O5. The molecule has 0 aliphatic heterocycles. The Morgan fingerprint density at radius 2 is 1.74 bits per heavy atom. The zero-order valence-corrected chi connectivity index (χ0v) is 21.8. The van der Waals surface area contributed by atoms with Crippen molar-refractivity contribution in [2.24, 2.45) is 50.7 Å². The third kappa shape index (κ3) is 2.75. The molecule has 4 fully saturated rings. The molecule has 0 saturated heterocycles. The van der Waals surface area contributed by atoms with Gasteiger partial charge in [0, 0.05) is 5.41 Å². The molecule has 0 amide bonds. The Hall–Kier alpha value is -0.910. The minimum atomic E-state index is -0.904. The second-order valence-corrected chi connectivity index (χ2v) is 14.0. The summed E-state index contributed by atoms with van der Waals surface area (Å²) in [5.41, 5.74) is -0.156. The Balaban J connectivity index is 1.61. The van der Waals surface area contributed by atoms with E-state index < -0.39 is 29.0 Å². The quantitative estimate of drug-likeness (QED) is 0.432. The van der Waals surface area contributed by atoms with Crippen molar-refractivity contribution in [2.45, 2.75) is 105 Å². The molecule has 3 unspecified atom stereocenters. The van der Waals surface area contributed by atoms with E-state index in [0.29, 0.717) is 18.3 Å². The van der Waals surface area contributed by atoms with Gasteiger partial charge in [-0.1, -0.05) is 59.1 Å². The van der Waals surface area contributed by atoms with Gasteiger partial charge in [-0.05, 0) is 84.9 Å². The van der Waals surface area contributed by atoms with Crippen LogP contribution < -0.4 is 0 Å². The smallest absolute Gasteiger partial charge is 0.310 e. The molecule has 5 aliphatic rings. The van der Waals surface area contributed by atoms with Crippen LogP contribution in [0.4, 0.5) is 0 Å². The zero-order valence-electron chi connectivity index (χ0n) is 21.8. The van der Waals surface area contributed by atoms with E-state index in [-0.39, 0.29) is 34.7 Å². The predicted molar refractivity (Wildman–Crippen MR) is 131 cm³/mol. The zero-order chi connectivity index (χ0) is 24.9. The molecule has 5 nitrogen and oxygen atoms in total. The molecule has 0 radical (unpaired) electrons. The maximum Gasteiger partial charge on any atom is 0.310 e. The summed E-state index contributed by atoms with van der Waals surface area (Å²) in [6.07, 6.45) is 8.67. The summed E-state index contributed by atoms with van der Waals surface area (Å²) in [6, 6.07) is 0. The Morgan fingerprint density at radius 1 is 1.03 bits per heavy atom.